The van der Waals surface area contributed by atoms with Gasteiger partial charge in [0, 0.05) is 24.7 Å². The van der Waals surface area contributed by atoms with Crippen molar-refractivity contribution in [3.63, 3.8) is 0 Å². The zero-order valence-electron chi connectivity index (χ0n) is 26.5. The number of methoxy groups -OCH3 is 1. The van der Waals surface area contributed by atoms with Crippen LogP contribution in [0.2, 0.25) is 0 Å². The number of hydrogen-bond acceptors (Lipinski definition) is 7. The van der Waals surface area contributed by atoms with Gasteiger partial charge in [-0.15, -0.1) is 11.3 Å². The monoisotopic (exact) mass is 633 g/mol. The van der Waals surface area contributed by atoms with Crippen LogP contribution in [-0.4, -0.2) is 56.0 Å². The normalized spacial score (nSPS) is 12.4. The highest BCUT2D eigenvalue weighted by molar-refractivity contribution is 7.22. The molecule has 2 aromatic carbocycles. The van der Waals surface area contributed by atoms with Crippen LogP contribution in [0.15, 0.2) is 64.6 Å². The van der Waals surface area contributed by atoms with Crippen LogP contribution >= 0.6 is 11.3 Å². The maximum absolute atomic E-state index is 14.1. The minimum Gasteiger partial charge on any atom is -0.495 e. The maximum atomic E-state index is 14.1. The van der Waals surface area contributed by atoms with Crippen LogP contribution in [0.3, 0.4) is 0 Å². The second kappa shape index (κ2) is 12.0. The molecule has 1 atom stereocenters. The molecule has 0 saturated carbocycles. The number of benzene rings is 2. The zero-order chi connectivity index (χ0) is 32.8. The quantitative estimate of drug-likeness (QED) is 0.210. The summed E-state index contributed by atoms with van der Waals surface area (Å²) in [5.74, 6) is 0.119. The van der Waals surface area contributed by atoms with Gasteiger partial charge in [-0.3, -0.25) is 9.36 Å². The average molecular weight is 634 g/mol. The fourth-order valence-corrected chi connectivity index (χ4v) is 6.66. The van der Waals surface area contributed by atoms with Gasteiger partial charge in [-0.1, -0.05) is 6.07 Å². The summed E-state index contributed by atoms with van der Waals surface area (Å²) in [5, 5.41) is 0.360. The van der Waals surface area contributed by atoms with E-state index < -0.39 is 34.8 Å². The Kier molecular flexibility index (Phi) is 8.45. The number of imidazole rings is 1. The standard InChI is InChI=1S/C33H36FN5O5S/c1-19-16-37(18-35-19)25-14-9-22(15-26(25)43-8)28-21(3)27-29(40)39(24-12-10-23(34)11-13-24)31(41)38(30(27)45-28)20(2)17-36(7)32(42)44-33(4,5)6/h9-16,18,20H,17H2,1-8H3. The molecule has 1 unspecified atom stereocenters. The molecule has 0 saturated heterocycles. The number of ether oxygens (including phenoxy) is 2. The highest BCUT2D eigenvalue weighted by Crippen LogP contribution is 2.39. The lowest BCUT2D eigenvalue weighted by atomic mass is 10.1. The van der Waals surface area contributed by atoms with E-state index in [4.69, 9.17) is 9.47 Å². The van der Waals surface area contributed by atoms with Gasteiger partial charge in [0.1, 0.15) is 22.0 Å². The second-order valence-electron chi connectivity index (χ2n) is 12.0. The lowest BCUT2D eigenvalue weighted by Gasteiger charge is -2.27. The topological polar surface area (TPSA) is 101 Å². The number of aromatic nitrogens is 4. The molecule has 0 spiro atoms. The van der Waals surface area contributed by atoms with Gasteiger partial charge in [0.05, 0.1) is 41.9 Å². The van der Waals surface area contributed by atoms with Gasteiger partial charge in [0.2, 0.25) is 0 Å². The molecule has 10 nitrogen and oxygen atoms in total. The minimum atomic E-state index is -0.693. The van der Waals surface area contributed by atoms with Crippen LogP contribution in [0.4, 0.5) is 9.18 Å². The van der Waals surface area contributed by atoms with E-state index >= 15 is 0 Å². The number of hydrogen-bond donors (Lipinski definition) is 0. The molecule has 0 radical (unpaired) electrons. The Morgan fingerprint density at radius 2 is 1.80 bits per heavy atom. The molecule has 5 aromatic rings. The fraction of sp³-hybridized carbons (Fsp3) is 0.333. The zero-order valence-corrected chi connectivity index (χ0v) is 27.4. The Morgan fingerprint density at radius 1 is 1.11 bits per heavy atom. The molecule has 0 N–H and O–H groups in total. The van der Waals surface area contributed by atoms with E-state index in [1.807, 2.05) is 42.8 Å². The highest BCUT2D eigenvalue weighted by Gasteiger charge is 2.27. The Balaban J connectivity index is 1.70. The van der Waals surface area contributed by atoms with Gasteiger partial charge in [-0.2, -0.15) is 0 Å². The molecule has 45 heavy (non-hydrogen) atoms. The first-order chi connectivity index (χ1) is 21.2. The minimum absolute atomic E-state index is 0.130. The molecule has 0 fully saturated rings. The molecule has 1 amide bonds. The number of aryl methyl sites for hydroxylation is 2. The van der Waals surface area contributed by atoms with Crippen molar-refractivity contribution in [2.24, 2.45) is 0 Å². The maximum Gasteiger partial charge on any atom is 0.410 e. The van der Waals surface area contributed by atoms with Crippen LogP contribution in [0.25, 0.3) is 32.0 Å². The van der Waals surface area contributed by atoms with Crippen molar-refractivity contribution in [3.8, 4) is 27.6 Å². The van der Waals surface area contributed by atoms with Gasteiger partial charge >= 0.3 is 11.8 Å². The number of fused-ring (bicyclic) bond motifs is 1. The Morgan fingerprint density at radius 3 is 2.40 bits per heavy atom. The molecular formula is C33H36FN5O5S. The van der Waals surface area contributed by atoms with E-state index in [9.17, 15) is 18.8 Å². The fourth-order valence-electron chi connectivity index (χ4n) is 5.27. The van der Waals surface area contributed by atoms with Crippen LogP contribution in [0.1, 0.15) is 45.0 Å². The van der Waals surface area contributed by atoms with Crippen LogP contribution in [0.5, 0.6) is 5.75 Å². The third-order valence-electron chi connectivity index (χ3n) is 7.36. The SMILES string of the molecule is COc1cc(-c2sc3c(c2C)c(=O)n(-c2ccc(F)cc2)c(=O)n3C(C)CN(C)C(=O)OC(C)(C)C)ccc1-n1cnc(C)c1. The second-order valence-corrected chi connectivity index (χ2v) is 13.0. The summed E-state index contributed by atoms with van der Waals surface area (Å²) in [4.78, 5) is 48.0. The Labute approximate surface area is 263 Å². The summed E-state index contributed by atoms with van der Waals surface area (Å²) in [6.07, 6.45) is 3.08. The lowest BCUT2D eigenvalue weighted by Crippen LogP contribution is -2.43. The van der Waals surface area contributed by atoms with E-state index in [1.165, 1.54) is 45.1 Å². The van der Waals surface area contributed by atoms with Crippen molar-refractivity contribution < 1.29 is 18.7 Å². The first-order valence-electron chi connectivity index (χ1n) is 14.4. The highest BCUT2D eigenvalue weighted by atomic mass is 32.1. The number of nitrogens with zero attached hydrogens (tertiary/aromatic N) is 5. The molecule has 0 aliphatic heterocycles. The number of halogens is 1. The molecule has 0 aliphatic rings. The van der Waals surface area contributed by atoms with Crippen molar-refractivity contribution in [1.29, 1.82) is 0 Å². The average Bonchev–Trinajstić information content (AvgIpc) is 3.55. The summed E-state index contributed by atoms with van der Waals surface area (Å²) < 4.78 is 29.5. The predicted molar refractivity (Wildman–Crippen MR) is 174 cm³/mol. The number of carbonyl (C=O) groups excluding carboxylic acids is 1. The number of rotatable bonds is 7. The van der Waals surface area contributed by atoms with Gasteiger partial charge in [0.15, 0.2) is 0 Å². The first kappa shape index (κ1) is 31.7. The first-order valence-corrected chi connectivity index (χ1v) is 15.2. The number of amides is 1. The van der Waals surface area contributed by atoms with Crippen molar-refractivity contribution in [3.05, 3.63) is 92.9 Å². The summed E-state index contributed by atoms with van der Waals surface area (Å²) in [6.45, 7) is 11.0. The van der Waals surface area contributed by atoms with E-state index in [1.54, 1.807) is 48.2 Å². The summed E-state index contributed by atoms with van der Waals surface area (Å²) >= 11 is 1.32. The molecular weight excluding hydrogens is 597 g/mol. The van der Waals surface area contributed by atoms with E-state index in [2.05, 4.69) is 4.98 Å². The van der Waals surface area contributed by atoms with Crippen molar-refractivity contribution in [2.75, 3.05) is 20.7 Å². The predicted octanol–water partition coefficient (Wildman–Crippen LogP) is 6.26. The summed E-state index contributed by atoms with van der Waals surface area (Å²) in [7, 11) is 3.19. The lowest BCUT2D eigenvalue weighted by molar-refractivity contribution is 0.0279. The molecule has 12 heteroatoms. The van der Waals surface area contributed by atoms with E-state index in [-0.39, 0.29) is 12.2 Å². The molecule has 5 rings (SSSR count). The van der Waals surface area contributed by atoms with Crippen LogP contribution < -0.4 is 16.0 Å². The number of carbonyl (C=O) groups is 1. The van der Waals surface area contributed by atoms with Gasteiger partial charge in [-0.05, 0) is 89.1 Å². The van der Waals surface area contributed by atoms with E-state index in [0.717, 1.165) is 26.4 Å². The molecule has 0 bridgehead atoms. The van der Waals surface area contributed by atoms with Gasteiger partial charge in [-0.25, -0.2) is 23.5 Å². The van der Waals surface area contributed by atoms with Gasteiger partial charge in [0.25, 0.3) is 5.56 Å². The molecule has 3 heterocycles. The number of thiophene rings is 1. The molecule has 236 valence electrons. The van der Waals surface area contributed by atoms with Gasteiger partial charge < -0.3 is 18.9 Å². The van der Waals surface area contributed by atoms with Crippen LogP contribution in [-0.2, 0) is 4.74 Å². The number of likely N-dealkylation sites (N-methyl/N-ethyl adjacent to an activating group) is 1. The van der Waals surface area contributed by atoms with Crippen molar-refractivity contribution in [2.45, 2.75) is 53.2 Å². The van der Waals surface area contributed by atoms with Crippen molar-refractivity contribution >= 4 is 27.6 Å². The van der Waals surface area contributed by atoms with Crippen LogP contribution in [0, 0.1) is 19.7 Å². The smallest absolute Gasteiger partial charge is 0.410 e. The van der Waals surface area contributed by atoms with Crippen molar-refractivity contribution in [1.82, 2.24) is 23.6 Å². The Bertz CT molecular complexity index is 2020. The molecule has 0 aliphatic carbocycles. The third kappa shape index (κ3) is 6.15. The third-order valence-corrected chi connectivity index (χ3v) is 8.70. The largest absolute Gasteiger partial charge is 0.495 e. The Hall–Kier alpha value is -4.71. The van der Waals surface area contributed by atoms with E-state index in [0.29, 0.717) is 21.5 Å². The summed E-state index contributed by atoms with van der Waals surface area (Å²) in [5.41, 5.74) is 1.59. The molecule has 3 aromatic heterocycles. The summed E-state index contributed by atoms with van der Waals surface area (Å²) in [6, 6.07) is 10.4.